The molecule has 0 atom stereocenters. The third-order valence-electron chi connectivity index (χ3n) is 4.15. The topological polar surface area (TPSA) is 85.2 Å². The summed E-state index contributed by atoms with van der Waals surface area (Å²) in [6, 6.07) is 12.3. The number of hydrogen-bond acceptors (Lipinski definition) is 4. The quantitative estimate of drug-likeness (QED) is 0.701. The summed E-state index contributed by atoms with van der Waals surface area (Å²) in [4.78, 5) is 28.8. The first-order valence-corrected chi connectivity index (χ1v) is 8.97. The van der Waals surface area contributed by atoms with E-state index in [1.54, 1.807) is 57.2 Å². The van der Waals surface area contributed by atoms with Gasteiger partial charge in [0.15, 0.2) is 0 Å². The number of nitrogens with one attached hydrogen (secondary N) is 2. The number of ether oxygens (including phenoxy) is 1. The van der Waals surface area contributed by atoms with Gasteiger partial charge in [0.25, 0.3) is 5.91 Å². The van der Waals surface area contributed by atoms with E-state index in [1.807, 2.05) is 24.6 Å². The lowest BCUT2D eigenvalue weighted by molar-refractivity contribution is 0.0635. The largest absolute Gasteiger partial charge is 0.444 e. The lowest BCUT2D eigenvalue weighted by Crippen LogP contribution is -2.27. The van der Waals surface area contributed by atoms with E-state index in [4.69, 9.17) is 4.74 Å². The molecule has 0 bridgehead atoms. The summed E-state index contributed by atoms with van der Waals surface area (Å²) in [7, 11) is 1.94. The van der Waals surface area contributed by atoms with Gasteiger partial charge in [0.1, 0.15) is 11.4 Å². The Morgan fingerprint density at radius 1 is 1.00 bits per heavy atom. The Morgan fingerprint density at radius 3 is 2.21 bits per heavy atom. The predicted octanol–water partition coefficient (Wildman–Crippen LogP) is 4.48. The van der Waals surface area contributed by atoms with E-state index >= 15 is 0 Å². The molecular weight excluding hydrogens is 356 g/mol. The zero-order valence-electron chi connectivity index (χ0n) is 16.7. The van der Waals surface area contributed by atoms with Gasteiger partial charge in [-0.15, -0.1) is 0 Å². The fourth-order valence-electron chi connectivity index (χ4n) is 2.72. The Hall–Kier alpha value is -3.35. The van der Waals surface area contributed by atoms with Crippen LogP contribution in [0.3, 0.4) is 0 Å². The number of nitrogens with zero attached hydrogens (tertiary/aromatic N) is 2. The Labute approximate surface area is 163 Å². The number of carbonyl (C=O) groups is 2. The molecule has 7 heteroatoms. The normalized spacial score (nSPS) is 11.3. The molecule has 0 fully saturated rings. The average molecular weight is 380 g/mol. The summed E-state index contributed by atoms with van der Waals surface area (Å²) in [5, 5.41) is 5.50. The number of hydrogen-bond donors (Lipinski definition) is 2. The summed E-state index contributed by atoms with van der Waals surface area (Å²) in [6.07, 6.45) is -0.525. The van der Waals surface area contributed by atoms with Crippen LogP contribution >= 0.6 is 0 Å². The summed E-state index contributed by atoms with van der Waals surface area (Å²) >= 11 is 0. The van der Waals surface area contributed by atoms with Gasteiger partial charge in [-0.3, -0.25) is 10.1 Å². The Kier molecular flexibility index (Phi) is 5.09. The van der Waals surface area contributed by atoms with E-state index in [0.29, 0.717) is 16.9 Å². The number of imidazole rings is 1. The second-order valence-electron chi connectivity index (χ2n) is 7.58. The molecule has 28 heavy (non-hydrogen) atoms. The van der Waals surface area contributed by atoms with Gasteiger partial charge in [-0.1, -0.05) is 0 Å². The number of amides is 2. The minimum absolute atomic E-state index is 0.224. The zero-order valence-corrected chi connectivity index (χ0v) is 16.7. The summed E-state index contributed by atoms with van der Waals surface area (Å²) in [5.74, 6) is 0.665. The van der Waals surface area contributed by atoms with E-state index in [-0.39, 0.29) is 5.91 Å². The van der Waals surface area contributed by atoms with Crippen molar-refractivity contribution in [3.05, 3.63) is 53.9 Å². The van der Waals surface area contributed by atoms with E-state index in [2.05, 4.69) is 15.6 Å². The molecule has 0 unspecified atom stereocenters. The number of aromatic nitrogens is 2. The van der Waals surface area contributed by atoms with Crippen LogP contribution in [0.4, 0.5) is 16.2 Å². The first-order chi connectivity index (χ1) is 13.1. The van der Waals surface area contributed by atoms with Crippen LogP contribution in [0.5, 0.6) is 0 Å². The zero-order chi connectivity index (χ0) is 20.5. The molecule has 0 radical (unpaired) electrons. The second-order valence-corrected chi connectivity index (χ2v) is 7.58. The number of rotatable bonds is 3. The number of benzene rings is 2. The molecular formula is C21H24N4O3. The van der Waals surface area contributed by atoms with Crippen molar-refractivity contribution in [2.24, 2.45) is 7.05 Å². The van der Waals surface area contributed by atoms with Gasteiger partial charge >= 0.3 is 6.09 Å². The van der Waals surface area contributed by atoms with Gasteiger partial charge in [-0.25, -0.2) is 9.78 Å². The maximum atomic E-state index is 12.5. The molecule has 0 aliphatic heterocycles. The van der Waals surface area contributed by atoms with E-state index < -0.39 is 11.7 Å². The fraction of sp³-hybridized carbons (Fsp3) is 0.286. The summed E-state index contributed by atoms with van der Waals surface area (Å²) < 4.78 is 7.19. The van der Waals surface area contributed by atoms with Crippen molar-refractivity contribution in [1.82, 2.24) is 9.55 Å². The van der Waals surface area contributed by atoms with Gasteiger partial charge in [0.2, 0.25) is 0 Å². The van der Waals surface area contributed by atoms with E-state index in [0.717, 1.165) is 16.9 Å². The highest BCUT2D eigenvalue weighted by Gasteiger charge is 2.16. The van der Waals surface area contributed by atoms with Gasteiger partial charge in [-0.05, 0) is 70.2 Å². The minimum atomic E-state index is -0.564. The molecule has 0 saturated heterocycles. The Morgan fingerprint density at radius 2 is 1.61 bits per heavy atom. The first-order valence-electron chi connectivity index (χ1n) is 8.97. The molecule has 7 nitrogen and oxygen atoms in total. The molecule has 2 N–H and O–H groups in total. The van der Waals surface area contributed by atoms with Crippen molar-refractivity contribution in [3.8, 4) is 0 Å². The maximum absolute atomic E-state index is 12.5. The highest BCUT2D eigenvalue weighted by atomic mass is 16.6. The molecule has 1 heterocycles. The number of aryl methyl sites for hydroxylation is 2. The lowest BCUT2D eigenvalue weighted by Gasteiger charge is -2.19. The van der Waals surface area contributed by atoms with Crippen LogP contribution in [0.2, 0.25) is 0 Å². The van der Waals surface area contributed by atoms with Crippen LogP contribution in [0.1, 0.15) is 37.0 Å². The highest BCUT2D eigenvalue weighted by Crippen LogP contribution is 2.19. The molecule has 2 aromatic carbocycles. The van der Waals surface area contributed by atoms with Gasteiger partial charge in [0.05, 0.1) is 11.0 Å². The SMILES string of the molecule is Cc1nc2cc(C(=O)Nc3ccc(NC(=O)OC(C)(C)C)cc3)ccc2n1C. The average Bonchev–Trinajstić information content (AvgIpc) is 2.88. The number of carbonyl (C=O) groups excluding carboxylic acids is 2. The van der Waals surface area contributed by atoms with Crippen LogP contribution in [-0.2, 0) is 11.8 Å². The molecule has 0 aliphatic rings. The van der Waals surface area contributed by atoms with Crippen molar-refractivity contribution >= 4 is 34.4 Å². The van der Waals surface area contributed by atoms with Crippen molar-refractivity contribution < 1.29 is 14.3 Å². The standard InChI is InChI=1S/C21H24N4O3/c1-13-22-17-12-14(6-11-18(17)25(13)5)19(26)23-15-7-9-16(10-8-15)24-20(27)28-21(2,3)4/h6-12H,1-5H3,(H,23,26)(H,24,27). The predicted molar refractivity (Wildman–Crippen MR) is 110 cm³/mol. The third kappa shape index (κ3) is 4.49. The molecule has 146 valence electrons. The monoisotopic (exact) mass is 380 g/mol. The maximum Gasteiger partial charge on any atom is 0.412 e. The smallest absolute Gasteiger partial charge is 0.412 e. The van der Waals surface area contributed by atoms with Gasteiger partial charge in [0, 0.05) is 24.0 Å². The van der Waals surface area contributed by atoms with Gasteiger partial charge < -0.3 is 14.6 Å². The molecule has 2 amide bonds. The number of fused-ring (bicyclic) bond motifs is 1. The van der Waals surface area contributed by atoms with Crippen LogP contribution in [0.15, 0.2) is 42.5 Å². The summed E-state index contributed by atoms with van der Waals surface area (Å²) in [6.45, 7) is 7.32. The second kappa shape index (κ2) is 7.34. The van der Waals surface area contributed by atoms with Crippen molar-refractivity contribution in [1.29, 1.82) is 0 Å². The molecule has 0 saturated carbocycles. The van der Waals surface area contributed by atoms with E-state index in [1.165, 1.54) is 0 Å². The number of anilines is 2. The lowest BCUT2D eigenvalue weighted by atomic mass is 10.2. The third-order valence-corrected chi connectivity index (χ3v) is 4.15. The van der Waals surface area contributed by atoms with Crippen molar-refractivity contribution in [2.45, 2.75) is 33.3 Å². The molecule has 0 spiro atoms. The van der Waals surface area contributed by atoms with Crippen molar-refractivity contribution in [2.75, 3.05) is 10.6 Å². The molecule has 1 aromatic heterocycles. The summed E-state index contributed by atoms with van der Waals surface area (Å²) in [5.41, 5.74) is 2.93. The molecule has 0 aliphatic carbocycles. The molecule has 3 aromatic rings. The van der Waals surface area contributed by atoms with Crippen LogP contribution in [0.25, 0.3) is 11.0 Å². The fourth-order valence-corrected chi connectivity index (χ4v) is 2.72. The minimum Gasteiger partial charge on any atom is -0.444 e. The highest BCUT2D eigenvalue weighted by molar-refractivity contribution is 6.06. The van der Waals surface area contributed by atoms with Crippen LogP contribution < -0.4 is 10.6 Å². The first kappa shape index (κ1) is 19.4. The van der Waals surface area contributed by atoms with Crippen molar-refractivity contribution in [3.63, 3.8) is 0 Å². The Bertz CT molecular complexity index is 1030. The van der Waals surface area contributed by atoms with E-state index in [9.17, 15) is 9.59 Å². The van der Waals surface area contributed by atoms with Crippen LogP contribution in [0, 0.1) is 6.92 Å². The molecule has 3 rings (SSSR count). The van der Waals surface area contributed by atoms with Crippen LogP contribution in [-0.4, -0.2) is 27.2 Å². The Balaban J connectivity index is 1.67. The van der Waals surface area contributed by atoms with Gasteiger partial charge in [-0.2, -0.15) is 0 Å².